The number of hydrogen-bond donors (Lipinski definition) is 1. The largest absolute Gasteiger partial charge is 0.481 e. The number of esters is 1. The van der Waals surface area contributed by atoms with E-state index in [4.69, 9.17) is 30.7 Å². The van der Waals surface area contributed by atoms with Crippen LogP contribution in [0.25, 0.3) is 44.3 Å². The molecule has 1 fully saturated rings. The molecular weight excluding hydrogens is 660 g/mol. The Labute approximate surface area is 294 Å². The van der Waals surface area contributed by atoms with Gasteiger partial charge in [0.05, 0.1) is 16.6 Å². The van der Waals surface area contributed by atoms with Crippen molar-refractivity contribution >= 4 is 46.0 Å². The maximum absolute atomic E-state index is 11.4. The van der Waals surface area contributed by atoms with Crippen molar-refractivity contribution in [2.75, 3.05) is 26.2 Å². The molecule has 0 bridgehead atoms. The van der Waals surface area contributed by atoms with Crippen LogP contribution in [0.3, 0.4) is 0 Å². The predicted octanol–water partition coefficient (Wildman–Crippen LogP) is 7.77. The molecule has 2 atom stereocenters. The summed E-state index contributed by atoms with van der Waals surface area (Å²) >= 11 is 8.45. The van der Waals surface area contributed by atoms with Crippen LogP contribution in [0.2, 0.25) is 5.02 Å². The predicted molar refractivity (Wildman–Crippen MR) is 192 cm³/mol. The van der Waals surface area contributed by atoms with E-state index in [0.29, 0.717) is 48.1 Å². The van der Waals surface area contributed by atoms with Crippen molar-refractivity contribution in [2.45, 2.75) is 59.7 Å². The van der Waals surface area contributed by atoms with E-state index < -0.39 is 5.97 Å². The second-order valence-electron chi connectivity index (χ2n) is 13.2. The Bertz CT molecular complexity index is 2070. The number of ether oxygens (including phenoxy) is 1. The van der Waals surface area contributed by atoms with Crippen LogP contribution in [0.4, 0.5) is 0 Å². The van der Waals surface area contributed by atoms with E-state index in [1.54, 1.807) is 11.3 Å². The highest BCUT2D eigenvalue weighted by Gasteiger charge is 2.29. The lowest BCUT2D eigenvalue weighted by atomic mass is 9.91. The molecule has 11 heteroatoms. The summed E-state index contributed by atoms with van der Waals surface area (Å²) < 4.78 is 11.5. The van der Waals surface area contributed by atoms with Gasteiger partial charge in [-0.2, -0.15) is 0 Å². The molecule has 2 aromatic heterocycles. The van der Waals surface area contributed by atoms with Crippen LogP contribution in [0.15, 0.2) is 52.9 Å². The minimum Gasteiger partial charge on any atom is -0.481 e. The molecule has 4 heterocycles. The minimum absolute atomic E-state index is 0.144. The quantitative estimate of drug-likeness (QED) is 0.154. The molecule has 49 heavy (non-hydrogen) atoms. The van der Waals surface area contributed by atoms with Gasteiger partial charge in [-0.1, -0.05) is 41.9 Å². The molecular formula is C38H39ClN4O5S. The van der Waals surface area contributed by atoms with Crippen molar-refractivity contribution < 1.29 is 23.8 Å². The summed E-state index contributed by atoms with van der Waals surface area (Å²) in [4.78, 5) is 38.5. The van der Waals surface area contributed by atoms with E-state index in [-0.39, 0.29) is 17.9 Å². The summed E-state index contributed by atoms with van der Waals surface area (Å²) in [5, 5.41) is 10.9. The smallest absolute Gasteiger partial charge is 0.307 e. The Balaban J connectivity index is 1.15. The number of fused-ring (bicyclic) bond motifs is 2. The average Bonchev–Trinajstić information content (AvgIpc) is 3.82. The monoisotopic (exact) mass is 698 g/mol. The fraction of sp³-hybridized carbons (Fsp3) is 0.368. The lowest BCUT2D eigenvalue weighted by molar-refractivity contribution is -0.143. The first-order valence-electron chi connectivity index (χ1n) is 16.7. The highest BCUT2D eigenvalue weighted by molar-refractivity contribution is 7.15. The average molecular weight is 699 g/mol. The van der Waals surface area contributed by atoms with Crippen molar-refractivity contribution in [3.8, 4) is 33.2 Å². The molecule has 9 nitrogen and oxygen atoms in total. The third-order valence-electron chi connectivity index (χ3n) is 9.86. The SMILES string of the molecule is CC(=O)OCC(C)N1CCc2nc(-c3cccc(-c4cccc(-c5nc6cc(CN7CC[C@@H](C(=O)O)C7)cc(Cl)c6o5)c4C)c3C)sc2C1. The van der Waals surface area contributed by atoms with Gasteiger partial charge in [0.15, 0.2) is 5.58 Å². The third-order valence-corrected chi connectivity index (χ3v) is 11.3. The Morgan fingerprint density at radius 1 is 1.06 bits per heavy atom. The van der Waals surface area contributed by atoms with Crippen LogP contribution in [0, 0.1) is 19.8 Å². The van der Waals surface area contributed by atoms with Gasteiger partial charge >= 0.3 is 11.9 Å². The van der Waals surface area contributed by atoms with E-state index >= 15 is 0 Å². The van der Waals surface area contributed by atoms with Crippen molar-refractivity contribution in [1.82, 2.24) is 19.8 Å². The van der Waals surface area contributed by atoms with Crippen molar-refractivity contribution in [1.29, 1.82) is 0 Å². The fourth-order valence-corrected chi connectivity index (χ4v) is 8.55. The van der Waals surface area contributed by atoms with Crippen LogP contribution in [-0.4, -0.2) is 69.1 Å². The summed E-state index contributed by atoms with van der Waals surface area (Å²) in [6.07, 6.45) is 1.53. The van der Waals surface area contributed by atoms with E-state index in [0.717, 1.165) is 75.7 Å². The molecule has 0 radical (unpaired) electrons. The highest BCUT2D eigenvalue weighted by Crippen LogP contribution is 2.40. The first-order valence-corrected chi connectivity index (χ1v) is 17.9. The summed E-state index contributed by atoms with van der Waals surface area (Å²) in [5.74, 6) is -0.810. The number of aromatic nitrogens is 2. The number of oxazole rings is 1. The van der Waals surface area contributed by atoms with Gasteiger partial charge in [-0.3, -0.25) is 19.4 Å². The molecule has 1 unspecified atom stereocenters. The van der Waals surface area contributed by atoms with E-state index in [1.807, 2.05) is 24.3 Å². The summed E-state index contributed by atoms with van der Waals surface area (Å²) in [6.45, 7) is 11.8. The van der Waals surface area contributed by atoms with Crippen molar-refractivity contribution in [3.05, 3.63) is 80.8 Å². The maximum Gasteiger partial charge on any atom is 0.307 e. The lowest BCUT2D eigenvalue weighted by Gasteiger charge is -2.31. The first kappa shape index (κ1) is 33.4. The molecule has 0 spiro atoms. The minimum atomic E-state index is -0.741. The maximum atomic E-state index is 11.4. The van der Waals surface area contributed by atoms with Crippen LogP contribution in [-0.2, 0) is 33.8 Å². The number of aliphatic carboxylic acids is 1. The van der Waals surface area contributed by atoms with Gasteiger partial charge in [-0.25, -0.2) is 9.97 Å². The molecule has 1 N–H and O–H groups in total. The van der Waals surface area contributed by atoms with Gasteiger partial charge in [0.1, 0.15) is 17.1 Å². The second kappa shape index (κ2) is 13.7. The van der Waals surface area contributed by atoms with Crippen LogP contribution >= 0.6 is 22.9 Å². The fourth-order valence-electron chi connectivity index (χ4n) is 7.06. The standard InChI is InChI=1S/C38H39ClN4O5S/c1-21(20-47-24(4)44)43-14-12-32-34(19-43)49-37(41-32)30-10-6-8-28(23(30)3)27-7-5-9-29(22(27)2)36-40-33-16-25(15-31(39)35(33)48-36)17-42-13-11-26(18-42)38(45)46/h5-10,15-16,21,26H,11-14,17-20H2,1-4H3,(H,45,46)/t21?,26-/m1/s1. The molecule has 5 aromatic rings. The molecule has 7 rings (SSSR count). The van der Waals surface area contributed by atoms with E-state index in [2.05, 4.69) is 54.8 Å². The van der Waals surface area contributed by atoms with E-state index in [1.165, 1.54) is 11.8 Å². The number of halogens is 1. The number of hydrogen-bond acceptors (Lipinski definition) is 9. The lowest BCUT2D eigenvalue weighted by Crippen LogP contribution is -2.40. The Morgan fingerprint density at radius 3 is 2.49 bits per heavy atom. The summed E-state index contributed by atoms with van der Waals surface area (Å²) in [6, 6.07) is 16.6. The molecule has 2 aliphatic heterocycles. The van der Waals surface area contributed by atoms with Gasteiger partial charge in [0.2, 0.25) is 5.89 Å². The summed E-state index contributed by atoms with van der Waals surface area (Å²) in [5.41, 5.74) is 9.81. The number of nitrogens with zero attached hydrogens (tertiary/aromatic N) is 4. The van der Waals surface area contributed by atoms with Gasteiger partial charge in [0, 0.05) is 61.6 Å². The number of carboxylic acids is 1. The van der Waals surface area contributed by atoms with E-state index in [9.17, 15) is 14.7 Å². The first-order chi connectivity index (χ1) is 23.5. The van der Waals surface area contributed by atoms with Gasteiger partial charge in [-0.15, -0.1) is 11.3 Å². The number of carbonyl (C=O) groups is 2. The molecule has 0 aliphatic carbocycles. The van der Waals surface area contributed by atoms with Gasteiger partial charge in [-0.05, 0) is 79.8 Å². The number of carbonyl (C=O) groups excluding carboxylic acids is 1. The number of benzene rings is 3. The Kier molecular flexibility index (Phi) is 9.32. The number of likely N-dealkylation sites (tertiary alicyclic amines) is 1. The normalized spacial score (nSPS) is 17.4. The second-order valence-corrected chi connectivity index (χ2v) is 14.7. The zero-order valence-electron chi connectivity index (χ0n) is 28.1. The zero-order valence-corrected chi connectivity index (χ0v) is 29.7. The molecule has 0 amide bonds. The molecule has 3 aromatic carbocycles. The number of carboxylic acid groups (broad SMARTS) is 1. The molecule has 1 saturated heterocycles. The van der Waals surface area contributed by atoms with Crippen LogP contribution < -0.4 is 0 Å². The van der Waals surface area contributed by atoms with Crippen molar-refractivity contribution in [2.24, 2.45) is 5.92 Å². The third kappa shape index (κ3) is 6.75. The number of thiazole rings is 1. The molecule has 254 valence electrons. The topological polar surface area (TPSA) is 109 Å². The van der Waals surface area contributed by atoms with Gasteiger partial charge in [0.25, 0.3) is 0 Å². The highest BCUT2D eigenvalue weighted by atomic mass is 35.5. The van der Waals surface area contributed by atoms with Crippen molar-refractivity contribution in [3.63, 3.8) is 0 Å². The molecule has 2 aliphatic rings. The Hall–Kier alpha value is -4.09. The van der Waals surface area contributed by atoms with Crippen LogP contribution in [0.5, 0.6) is 0 Å². The van der Waals surface area contributed by atoms with Gasteiger partial charge < -0.3 is 14.3 Å². The molecule has 0 saturated carbocycles. The Morgan fingerprint density at radius 2 is 1.78 bits per heavy atom. The van der Waals surface area contributed by atoms with Crippen LogP contribution in [0.1, 0.15) is 47.5 Å². The number of rotatable bonds is 9. The zero-order chi connectivity index (χ0) is 34.4. The summed E-state index contributed by atoms with van der Waals surface area (Å²) in [7, 11) is 0.